The van der Waals surface area contributed by atoms with E-state index < -0.39 is 0 Å². The highest BCUT2D eigenvalue weighted by Gasteiger charge is 2.06. The highest BCUT2D eigenvalue weighted by molar-refractivity contribution is 5.90. The Bertz CT molecular complexity index is 912. The predicted octanol–water partition coefficient (Wildman–Crippen LogP) is 3.43. The van der Waals surface area contributed by atoms with Crippen LogP contribution in [0.15, 0.2) is 48.5 Å². The Morgan fingerprint density at radius 2 is 1.81 bits per heavy atom. The second kappa shape index (κ2) is 8.84. The third kappa shape index (κ3) is 4.84. The molecule has 27 heavy (non-hydrogen) atoms. The van der Waals surface area contributed by atoms with Gasteiger partial charge in [-0.25, -0.2) is 14.8 Å². The van der Waals surface area contributed by atoms with Crippen molar-refractivity contribution < 1.29 is 9.53 Å². The van der Waals surface area contributed by atoms with Crippen molar-refractivity contribution in [1.29, 1.82) is 0 Å². The first kappa shape index (κ1) is 18.4. The van der Waals surface area contributed by atoms with Crippen LogP contribution in [0.1, 0.15) is 12.7 Å². The average Bonchev–Trinajstić information content (AvgIpc) is 2.71. The quantitative estimate of drug-likeness (QED) is 0.558. The van der Waals surface area contributed by atoms with Gasteiger partial charge in [-0.15, -0.1) is 0 Å². The van der Waals surface area contributed by atoms with E-state index >= 15 is 0 Å². The largest absolute Gasteiger partial charge is 0.497 e. The fourth-order valence-electron chi connectivity index (χ4n) is 2.62. The van der Waals surface area contributed by atoms with E-state index in [1.807, 2.05) is 31.2 Å². The van der Waals surface area contributed by atoms with E-state index in [2.05, 4.69) is 25.9 Å². The Morgan fingerprint density at radius 3 is 2.56 bits per heavy atom. The lowest BCUT2D eigenvalue weighted by molar-refractivity contribution is 0.252. The molecule has 0 aliphatic rings. The number of methoxy groups -OCH3 is 1. The second-order valence-electron chi connectivity index (χ2n) is 5.90. The van der Waals surface area contributed by atoms with Gasteiger partial charge in [0.1, 0.15) is 17.4 Å². The minimum atomic E-state index is -0.260. The van der Waals surface area contributed by atoms with Gasteiger partial charge in [0.05, 0.1) is 12.6 Å². The van der Waals surface area contributed by atoms with Crippen molar-refractivity contribution in [3.63, 3.8) is 0 Å². The van der Waals surface area contributed by atoms with Crippen molar-refractivity contribution >= 4 is 28.4 Å². The molecule has 7 heteroatoms. The molecule has 1 aromatic heterocycles. The third-order valence-electron chi connectivity index (χ3n) is 4.02. The first-order valence-electron chi connectivity index (χ1n) is 8.88. The smallest absolute Gasteiger partial charge is 0.319 e. The number of nitrogens with zero attached hydrogens (tertiary/aromatic N) is 2. The Balaban J connectivity index is 1.52. The maximum Gasteiger partial charge on any atom is 0.319 e. The highest BCUT2D eigenvalue weighted by Crippen LogP contribution is 2.20. The monoisotopic (exact) mass is 365 g/mol. The van der Waals surface area contributed by atoms with Crippen molar-refractivity contribution in [2.24, 2.45) is 0 Å². The summed E-state index contributed by atoms with van der Waals surface area (Å²) in [5.41, 5.74) is 1.62. The summed E-state index contributed by atoms with van der Waals surface area (Å²) in [4.78, 5) is 21.1. The van der Waals surface area contributed by atoms with Crippen LogP contribution in [-0.2, 0) is 6.42 Å². The fourth-order valence-corrected chi connectivity index (χ4v) is 2.62. The zero-order chi connectivity index (χ0) is 19.1. The van der Waals surface area contributed by atoms with Crippen LogP contribution in [0.25, 0.3) is 10.9 Å². The number of aryl methyl sites for hydroxylation is 1. The van der Waals surface area contributed by atoms with Crippen LogP contribution in [0, 0.1) is 0 Å². The Labute approximate surface area is 158 Å². The molecule has 0 aliphatic carbocycles. The van der Waals surface area contributed by atoms with Gasteiger partial charge in [0.2, 0.25) is 0 Å². The van der Waals surface area contributed by atoms with E-state index in [0.29, 0.717) is 18.8 Å². The molecule has 0 fully saturated rings. The van der Waals surface area contributed by atoms with Crippen LogP contribution < -0.4 is 20.7 Å². The number of amides is 2. The number of hydrogen-bond acceptors (Lipinski definition) is 5. The van der Waals surface area contributed by atoms with Gasteiger partial charge in [-0.3, -0.25) is 0 Å². The summed E-state index contributed by atoms with van der Waals surface area (Å²) in [6, 6.07) is 14.8. The minimum Gasteiger partial charge on any atom is -0.497 e. The Hall–Kier alpha value is -3.35. The van der Waals surface area contributed by atoms with E-state index in [9.17, 15) is 4.79 Å². The lowest BCUT2D eigenvalue weighted by Gasteiger charge is -2.11. The SMILES string of the molecule is CCc1nc(NCCNC(=O)Nc2ccc(OC)cc2)c2ccccc2n1. The molecule has 7 nitrogen and oxygen atoms in total. The van der Waals surface area contributed by atoms with Crippen molar-refractivity contribution in [1.82, 2.24) is 15.3 Å². The van der Waals surface area contributed by atoms with Crippen LogP contribution in [0.2, 0.25) is 0 Å². The molecule has 3 N–H and O–H groups in total. The Morgan fingerprint density at radius 1 is 1.04 bits per heavy atom. The third-order valence-corrected chi connectivity index (χ3v) is 4.02. The van der Waals surface area contributed by atoms with Crippen LogP contribution in [0.5, 0.6) is 5.75 Å². The van der Waals surface area contributed by atoms with Crippen LogP contribution >= 0.6 is 0 Å². The molecule has 0 spiro atoms. The summed E-state index contributed by atoms with van der Waals surface area (Å²) in [5.74, 6) is 2.32. The van der Waals surface area contributed by atoms with Crippen molar-refractivity contribution in [2.45, 2.75) is 13.3 Å². The van der Waals surface area contributed by atoms with Gasteiger partial charge in [0, 0.05) is 30.6 Å². The van der Waals surface area contributed by atoms with Gasteiger partial charge >= 0.3 is 6.03 Å². The molecule has 3 rings (SSSR count). The molecule has 2 aromatic carbocycles. The molecular formula is C20H23N5O2. The van der Waals surface area contributed by atoms with Gasteiger partial charge in [-0.1, -0.05) is 19.1 Å². The molecule has 0 unspecified atom stereocenters. The number of ether oxygens (including phenoxy) is 1. The van der Waals surface area contributed by atoms with Gasteiger partial charge < -0.3 is 20.7 Å². The minimum absolute atomic E-state index is 0.260. The number of carbonyl (C=O) groups excluding carboxylic acids is 1. The van der Waals surface area contributed by atoms with E-state index in [-0.39, 0.29) is 6.03 Å². The van der Waals surface area contributed by atoms with E-state index in [4.69, 9.17) is 4.74 Å². The number of hydrogen-bond donors (Lipinski definition) is 3. The molecule has 0 bridgehead atoms. The fraction of sp³-hybridized carbons (Fsp3) is 0.250. The van der Waals surface area contributed by atoms with Gasteiger partial charge in [0.15, 0.2) is 0 Å². The summed E-state index contributed by atoms with van der Waals surface area (Å²) in [6.45, 7) is 3.04. The van der Waals surface area contributed by atoms with E-state index in [1.54, 1.807) is 31.4 Å². The van der Waals surface area contributed by atoms with Crippen molar-refractivity contribution in [3.05, 3.63) is 54.4 Å². The molecule has 1 heterocycles. The van der Waals surface area contributed by atoms with Crippen LogP contribution in [-0.4, -0.2) is 36.2 Å². The number of carbonyl (C=O) groups is 1. The van der Waals surface area contributed by atoms with Gasteiger partial charge in [-0.2, -0.15) is 0 Å². The van der Waals surface area contributed by atoms with E-state index in [1.165, 1.54) is 0 Å². The van der Waals surface area contributed by atoms with Gasteiger partial charge in [0.25, 0.3) is 0 Å². The summed E-state index contributed by atoms with van der Waals surface area (Å²) in [5, 5.41) is 9.86. The lowest BCUT2D eigenvalue weighted by Crippen LogP contribution is -2.32. The first-order valence-corrected chi connectivity index (χ1v) is 8.88. The molecular weight excluding hydrogens is 342 g/mol. The van der Waals surface area contributed by atoms with E-state index in [0.717, 1.165) is 34.7 Å². The number of fused-ring (bicyclic) bond motifs is 1. The standard InChI is InChI=1S/C20H23N5O2/c1-3-18-24-17-7-5-4-6-16(17)19(25-18)21-12-13-22-20(26)23-14-8-10-15(27-2)11-9-14/h4-11H,3,12-13H2,1-2H3,(H,21,24,25)(H2,22,23,26). The number of benzene rings is 2. The molecule has 3 aromatic rings. The molecule has 140 valence electrons. The average molecular weight is 365 g/mol. The summed E-state index contributed by atoms with van der Waals surface area (Å²) >= 11 is 0. The topological polar surface area (TPSA) is 88.2 Å². The normalized spacial score (nSPS) is 10.4. The van der Waals surface area contributed by atoms with Crippen LogP contribution in [0.4, 0.5) is 16.3 Å². The summed E-state index contributed by atoms with van der Waals surface area (Å²) in [7, 11) is 1.60. The lowest BCUT2D eigenvalue weighted by atomic mass is 10.2. The first-order chi connectivity index (χ1) is 13.2. The number of nitrogens with one attached hydrogen (secondary N) is 3. The predicted molar refractivity (Wildman–Crippen MR) is 107 cm³/mol. The zero-order valence-electron chi connectivity index (χ0n) is 15.5. The maximum atomic E-state index is 12.0. The second-order valence-corrected chi connectivity index (χ2v) is 5.90. The van der Waals surface area contributed by atoms with Crippen molar-refractivity contribution in [3.8, 4) is 5.75 Å². The van der Waals surface area contributed by atoms with Crippen molar-refractivity contribution in [2.75, 3.05) is 30.8 Å². The zero-order valence-corrected chi connectivity index (χ0v) is 15.5. The number of rotatable bonds is 7. The highest BCUT2D eigenvalue weighted by atomic mass is 16.5. The molecule has 0 radical (unpaired) electrons. The number of urea groups is 1. The molecule has 0 saturated carbocycles. The number of para-hydroxylation sites is 1. The maximum absolute atomic E-state index is 12.0. The van der Waals surface area contributed by atoms with Crippen LogP contribution in [0.3, 0.4) is 0 Å². The summed E-state index contributed by atoms with van der Waals surface area (Å²) in [6.07, 6.45) is 0.766. The molecule has 0 saturated heterocycles. The Kier molecular flexibility index (Phi) is 6.04. The molecule has 0 aliphatic heterocycles. The number of anilines is 2. The summed E-state index contributed by atoms with van der Waals surface area (Å²) < 4.78 is 5.10. The number of aromatic nitrogens is 2. The molecule has 2 amide bonds. The molecule has 0 atom stereocenters. The van der Waals surface area contributed by atoms with Gasteiger partial charge in [-0.05, 0) is 36.4 Å².